The first-order chi connectivity index (χ1) is 15.5. The van der Waals surface area contributed by atoms with Crippen LogP contribution in [0, 0.1) is 6.92 Å². The maximum absolute atomic E-state index is 12.3. The Morgan fingerprint density at radius 1 is 1.03 bits per heavy atom. The molecular weight excluding hydrogens is 416 g/mol. The Balaban J connectivity index is 1.51. The number of benzene rings is 1. The third kappa shape index (κ3) is 6.03. The van der Waals surface area contributed by atoms with Crippen molar-refractivity contribution in [3.8, 4) is 17.2 Å². The highest BCUT2D eigenvalue weighted by Crippen LogP contribution is 2.39. The second-order valence-corrected chi connectivity index (χ2v) is 6.98. The smallest absolute Gasteiger partial charge is 0.319 e. The number of ether oxygens (including phenoxy) is 4. The van der Waals surface area contributed by atoms with E-state index in [-0.39, 0.29) is 6.03 Å². The van der Waals surface area contributed by atoms with E-state index in [0.29, 0.717) is 60.9 Å². The second-order valence-electron chi connectivity index (χ2n) is 6.98. The van der Waals surface area contributed by atoms with E-state index in [1.807, 2.05) is 13.0 Å². The zero-order valence-corrected chi connectivity index (χ0v) is 18.9. The average molecular weight is 447 g/mol. The van der Waals surface area contributed by atoms with Crippen molar-refractivity contribution in [1.82, 2.24) is 15.3 Å². The molecule has 32 heavy (non-hydrogen) atoms. The molecule has 11 heteroatoms. The molecule has 2 aromatic rings. The van der Waals surface area contributed by atoms with Crippen LogP contribution in [0.15, 0.2) is 18.2 Å². The molecule has 0 spiro atoms. The number of rotatable bonds is 9. The summed E-state index contributed by atoms with van der Waals surface area (Å²) >= 11 is 0. The fourth-order valence-corrected chi connectivity index (χ4v) is 3.29. The number of aromatic nitrogens is 2. The predicted molar refractivity (Wildman–Crippen MR) is 121 cm³/mol. The van der Waals surface area contributed by atoms with Crippen molar-refractivity contribution >= 4 is 23.4 Å². The highest BCUT2D eigenvalue weighted by Gasteiger charge is 2.15. The van der Waals surface area contributed by atoms with Gasteiger partial charge in [-0.25, -0.2) is 14.8 Å². The molecule has 0 atom stereocenters. The largest absolute Gasteiger partial charge is 0.493 e. The molecular formula is C21H30N6O5. The molecule has 0 radical (unpaired) electrons. The van der Waals surface area contributed by atoms with Crippen LogP contribution in [0.25, 0.3) is 0 Å². The Kier molecular flexibility index (Phi) is 8.14. The summed E-state index contributed by atoms with van der Waals surface area (Å²) in [5.74, 6) is 3.65. The number of nitrogens with zero attached hydrogens (tertiary/aromatic N) is 3. The molecule has 11 nitrogen and oxygen atoms in total. The Bertz CT molecular complexity index is 895. The quantitative estimate of drug-likeness (QED) is 0.496. The minimum Gasteiger partial charge on any atom is -0.493 e. The number of morpholine rings is 1. The lowest BCUT2D eigenvalue weighted by Crippen LogP contribution is -2.37. The van der Waals surface area contributed by atoms with Crippen LogP contribution in [0.4, 0.5) is 22.1 Å². The van der Waals surface area contributed by atoms with Gasteiger partial charge in [0.25, 0.3) is 0 Å². The highest BCUT2D eigenvalue weighted by atomic mass is 16.5. The Hall–Kier alpha value is -3.47. The van der Waals surface area contributed by atoms with Gasteiger partial charge in [-0.2, -0.15) is 0 Å². The summed E-state index contributed by atoms with van der Waals surface area (Å²) in [6, 6.07) is 4.88. The topological polar surface area (TPSA) is 119 Å². The van der Waals surface area contributed by atoms with Gasteiger partial charge in [0.2, 0.25) is 5.75 Å². The van der Waals surface area contributed by atoms with Crippen LogP contribution in [-0.4, -0.2) is 76.7 Å². The van der Waals surface area contributed by atoms with Gasteiger partial charge in [-0.3, -0.25) is 0 Å². The maximum Gasteiger partial charge on any atom is 0.319 e. The number of urea groups is 1. The van der Waals surface area contributed by atoms with E-state index in [0.717, 1.165) is 18.9 Å². The van der Waals surface area contributed by atoms with Crippen LogP contribution >= 0.6 is 0 Å². The van der Waals surface area contributed by atoms with E-state index in [1.54, 1.807) is 12.1 Å². The molecule has 3 rings (SSSR count). The Labute approximate surface area is 187 Å². The standard InChI is InChI=1S/C21H30N6O5/c1-14-24-18(13-19(25-14)27-7-9-32-10-8-27)22-5-6-23-21(28)26-15-11-16(29-2)20(31-4)17(12-15)30-3/h11-13H,5-10H2,1-4H3,(H,22,24,25)(H2,23,26,28). The summed E-state index contributed by atoms with van der Waals surface area (Å²) in [5.41, 5.74) is 0.520. The van der Waals surface area contributed by atoms with Crippen LogP contribution in [0.1, 0.15) is 5.82 Å². The van der Waals surface area contributed by atoms with Crippen molar-refractivity contribution in [2.75, 3.05) is 76.3 Å². The number of nitrogens with one attached hydrogen (secondary N) is 3. The maximum atomic E-state index is 12.3. The number of hydrogen-bond acceptors (Lipinski definition) is 9. The van der Waals surface area contributed by atoms with E-state index < -0.39 is 0 Å². The summed E-state index contributed by atoms with van der Waals surface area (Å²) in [6.45, 7) is 5.75. The molecule has 1 aromatic carbocycles. The van der Waals surface area contributed by atoms with E-state index in [4.69, 9.17) is 18.9 Å². The molecule has 1 aliphatic rings. The van der Waals surface area contributed by atoms with Crippen molar-refractivity contribution < 1.29 is 23.7 Å². The van der Waals surface area contributed by atoms with Crippen molar-refractivity contribution in [2.45, 2.75) is 6.92 Å². The SMILES string of the molecule is COc1cc(NC(=O)NCCNc2cc(N3CCOCC3)nc(C)n2)cc(OC)c1OC. The van der Waals surface area contributed by atoms with Crippen molar-refractivity contribution in [3.63, 3.8) is 0 Å². The second kappa shape index (κ2) is 11.2. The van der Waals surface area contributed by atoms with Crippen molar-refractivity contribution in [1.29, 1.82) is 0 Å². The molecule has 0 aliphatic carbocycles. The van der Waals surface area contributed by atoms with Gasteiger partial charge in [0.15, 0.2) is 11.5 Å². The van der Waals surface area contributed by atoms with Crippen LogP contribution in [0.2, 0.25) is 0 Å². The van der Waals surface area contributed by atoms with Crippen LogP contribution < -0.4 is 35.1 Å². The fourth-order valence-electron chi connectivity index (χ4n) is 3.29. The first kappa shape index (κ1) is 23.2. The lowest BCUT2D eigenvalue weighted by atomic mass is 10.2. The van der Waals surface area contributed by atoms with Gasteiger partial charge in [0, 0.05) is 44.4 Å². The zero-order valence-electron chi connectivity index (χ0n) is 18.9. The molecule has 1 fully saturated rings. The third-order valence-electron chi connectivity index (χ3n) is 4.80. The lowest BCUT2D eigenvalue weighted by Gasteiger charge is -2.28. The van der Waals surface area contributed by atoms with Crippen LogP contribution in [0.3, 0.4) is 0 Å². The van der Waals surface area contributed by atoms with Gasteiger partial charge in [0.05, 0.1) is 40.2 Å². The molecule has 0 saturated carbocycles. The first-order valence-corrected chi connectivity index (χ1v) is 10.3. The van der Waals surface area contributed by atoms with E-state index in [2.05, 4.69) is 30.8 Å². The minimum absolute atomic E-state index is 0.353. The number of methoxy groups -OCH3 is 3. The predicted octanol–water partition coefficient (Wildman–Crippen LogP) is 1.88. The average Bonchev–Trinajstić information content (AvgIpc) is 2.81. The number of aryl methyl sites for hydroxylation is 1. The molecule has 0 bridgehead atoms. The summed E-state index contributed by atoms with van der Waals surface area (Å²) < 4.78 is 21.3. The summed E-state index contributed by atoms with van der Waals surface area (Å²) in [7, 11) is 4.56. The number of carbonyl (C=O) groups is 1. The molecule has 174 valence electrons. The normalized spacial score (nSPS) is 13.3. The molecule has 1 aliphatic heterocycles. The molecule has 2 heterocycles. The molecule has 2 amide bonds. The monoisotopic (exact) mass is 446 g/mol. The van der Waals surface area contributed by atoms with E-state index >= 15 is 0 Å². The number of carbonyl (C=O) groups excluding carboxylic acids is 1. The van der Waals surface area contributed by atoms with Crippen LogP contribution in [0.5, 0.6) is 17.2 Å². The number of anilines is 3. The number of hydrogen-bond donors (Lipinski definition) is 3. The highest BCUT2D eigenvalue weighted by molar-refractivity contribution is 5.90. The van der Waals surface area contributed by atoms with E-state index in [9.17, 15) is 4.79 Å². The summed E-state index contributed by atoms with van der Waals surface area (Å²) in [6.07, 6.45) is 0. The summed E-state index contributed by atoms with van der Waals surface area (Å²) in [4.78, 5) is 23.4. The first-order valence-electron chi connectivity index (χ1n) is 10.3. The Morgan fingerprint density at radius 2 is 1.72 bits per heavy atom. The van der Waals surface area contributed by atoms with Gasteiger partial charge >= 0.3 is 6.03 Å². The number of amides is 2. The van der Waals surface area contributed by atoms with Crippen LogP contribution in [-0.2, 0) is 4.74 Å². The summed E-state index contributed by atoms with van der Waals surface area (Å²) in [5, 5.41) is 8.79. The third-order valence-corrected chi connectivity index (χ3v) is 4.80. The van der Waals surface area contributed by atoms with Gasteiger partial charge in [-0.15, -0.1) is 0 Å². The van der Waals surface area contributed by atoms with Gasteiger partial charge in [-0.05, 0) is 6.92 Å². The Morgan fingerprint density at radius 3 is 2.34 bits per heavy atom. The lowest BCUT2D eigenvalue weighted by molar-refractivity contribution is 0.122. The molecule has 3 N–H and O–H groups in total. The molecule has 1 saturated heterocycles. The van der Waals surface area contributed by atoms with Crippen molar-refractivity contribution in [3.05, 3.63) is 24.0 Å². The van der Waals surface area contributed by atoms with Gasteiger partial charge in [0.1, 0.15) is 17.5 Å². The van der Waals surface area contributed by atoms with E-state index in [1.165, 1.54) is 21.3 Å². The van der Waals surface area contributed by atoms with Crippen molar-refractivity contribution in [2.24, 2.45) is 0 Å². The fraction of sp³-hybridized carbons (Fsp3) is 0.476. The zero-order chi connectivity index (χ0) is 22.9. The van der Waals surface area contributed by atoms with Gasteiger partial charge in [-0.1, -0.05) is 0 Å². The molecule has 0 unspecified atom stereocenters. The molecule has 1 aromatic heterocycles. The van der Waals surface area contributed by atoms with Gasteiger partial charge < -0.3 is 39.8 Å². The minimum atomic E-state index is -0.353.